The fourth-order valence-electron chi connectivity index (χ4n) is 4.52. The largest absolute Gasteiger partial charge is 0.416 e. The van der Waals surface area contributed by atoms with Crippen molar-refractivity contribution in [3.63, 3.8) is 0 Å². The molecule has 4 rings (SSSR count). The molecular formula is C24H27F3N2O3. The molecule has 2 aliphatic heterocycles. The van der Waals surface area contributed by atoms with Gasteiger partial charge in [-0.1, -0.05) is 24.3 Å². The van der Waals surface area contributed by atoms with Crippen LogP contribution in [0.25, 0.3) is 0 Å². The van der Waals surface area contributed by atoms with E-state index >= 15 is 0 Å². The number of fused-ring (bicyclic) bond motifs is 1. The molecule has 0 saturated carbocycles. The SMILES string of the molecule is O=C1CCc2cc(CCC(O)N3CCC(O)(c4ccc(C(F)(F)F)cc4)CC3)ccc2N1. The lowest BCUT2D eigenvalue weighted by atomic mass is 9.84. The van der Waals surface area contributed by atoms with E-state index in [-0.39, 0.29) is 5.91 Å². The van der Waals surface area contributed by atoms with Crippen LogP contribution in [0.1, 0.15) is 47.9 Å². The fraction of sp³-hybridized carbons (Fsp3) is 0.458. The van der Waals surface area contributed by atoms with Crippen molar-refractivity contribution in [2.24, 2.45) is 0 Å². The number of likely N-dealkylation sites (tertiary alicyclic amines) is 1. The maximum Gasteiger partial charge on any atom is 0.416 e. The number of hydrogen-bond acceptors (Lipinski definition) is 4. The number of rotatable bonds is 5. The van der Waals surface area contributed by atoms with Gasteiger partial charge in [-0.3, -0.25) is 9.69 Å². The van der Waals surface area contributed by atoms with Crippen molar-refractivity contribution >= 4 is 11.6 Å². The van der Waals surface area contributed by atoms with Gasteiger partial charge in [-0.2, -0.15) is 13.2 Å². The minimum atomic E-state index is -4.40. The molecule has 1 saturated heterocycles. The van der Waals surface area contributed by atoms with Crippen LogP contribution in [0.2, 0.25) is 0 Å². The van der Waals surface area contributed by atoms with Crippen LogP contribution in [0.3, 0.4) is 0 Å². The van der Waals surface area contributed by atoms with Crippen LogP contribution in [0, 0.1) is 0 Å². The van der Waals surface area contributed by atoms with E-state index in [1.807, 2.05) is 17.0 Å². The van der Waals surface area contributed by atoms with Crippen LogP contribution >= 0.6 is 0 Å². The van der Waals surface area contributed by atoms with Crippen molar-refractivity contribution < 1.29 is 28.2 Å². The zero-order valence-corrected chi connectivity index (χ0v) is 17.7. The molecule has 0 spiro atoms. The van der Waals surface area contributed by atoms with Gasteiger partial charge in [0.15, 0.2) is 0 Å². The maximum atomic E-state index is 12.8. The van der Waals surface area contributed by atoms with Crippen molar-refractivity contribution in [3.05, 3.63) is 64.7 Å². The predicted molar refractivity (Wildman–Crippen MR) is 114 cm³/mol. The number of aryl methyl sites for hydroxylation is 2. The highest BCUT2D eigenvalue weighted by Gasteiger charge is 2.37. The summed E-state index contributed by atoms with van der Waals surface area (Å²) in [5, 5.41) is 24.5. The molecule has 2 aromatic rings. The van der Waals surface area contributed by atoms with E-state index < -0.39 is 23.6 Å². The Morgan fingerprint density at radius 1 is 1.06 bits per heavy atom. The summed E-state index contributed by atoms with van der Waals surface area (Å²) in [7, 11) is 0. The number of carbonyl (C=O) groups excluding carboxylic acids is 1. The number of aliphatic hydroxyl groups is 2. The van der Waals surface area contributed by atoms with E-state index in [0.717, 1.165) is 28.9 Å². The number of halogens is 3. The van der Waals surface area contributed by atoms with Gasteiger partial charge in [0.2, 0.25) is 5.91 Å². The second-order valence-corrected chi connectivity index (χ2v) is 8.70. The Morgan fingerprint density at radius 2 is 1.75 bits per heavy atom. The summed E-state index contributed by atoms with van der Waals surface area (Å²) in [5.74, 6) is 0.0297. The highest BCUT2D eigenvalue weighted by Crippen LogP contribution is 2.36. The minimum Gasteiger partial charge on any atom is -0.385 e. The smallest absolute Gasteiger partial charge is 0.385 e. The minimum absolute atomic E-state index is 0.0297. The number of nitrogens with zero attached hydrogens (tertiary/aromatic N) is 1. The first-order valence-electron chi connectivity index (χ1n) is 10.9. The molecule has 1 fully saturated rings. The quantitative estimate of drug-likeness (QED) is 0.650. The molecule has 1 amide bonds. The van der Waals surface area contributed by atoms with E-state index in [1.54, 1.807) is 0 Å². The first-order chi connectivity index (χ1) is 15.1. The zero-order chi connectivity index (χ0) is 22.9. The van der Waals surface area contributed by atoms with Gasteiger partial charge in [0, 0.05) is 25.2 Å². The summed E-state index contributed by atoms with van der Waals surface area (Å²) in [6, 6.07) is 10.6. The van der Waals surface area contributed by atoms with Gasteiger partial charge < -0.3 is 15.5 Å². The maximum absolute atomic E-state index is 12.8. The molecule has 172 valence electrons. The van der Waals surface area contributed by atoms with E-state index in [9.17, 15) is 28.2 Å². The molecule has 3 N–H and O–H groups in total. The van der Waals surface area contributed by atoms with Gasteiger partial charge >= 0.3 is 6.18 Å². The Labute approximate surface area is 184 Å². The van der Waals surface area contributed by atoms with E-state index in [0.29, 0.717) is 57.2 Å². The number of alkyl halides is 3. The fourth-order valence-corrected chi connectivity index (χ4v) is 4.52. The molecule has 5 nitrogen and oxygen atoms in total. The van der Waals surface area contributed by atoms with Gasteiger partial charge in [0.05, 0.1) is 11.2 Å². The standard InChI is InChI=1S/C24H27F3N2O3/c25-24(26,27)19-6-4-18(5-7-19)23(32)11-13-29(14-12-23)22(31)10-2-16-1-8-20-17(15-16)3-9-21(30)28-20/h1,4-8,15,22,31-32H,2-3,9-14H2,(H,28,30). The Hall–Kier alpha value is -2.42. The average Bonchev–Trinajstić information content (AvgIpc) is 2.77. The summed E-state index contributed by atoms with van der Waals surface area (Å²) in [6.45, 7) is 0.907. The third-order valence-corrected chi connectivity index (χ3v) is 6.55. The van der Waals surface area contributed by atoms with Gasteiger partial charge in [0.1, 0.15) is 6.23 Å². The van der Waals surface area contributed by atoms with Crippen molar-refractivity contribution in [1.29, 1.82) is 0 Å². The molecule has 0 bridgehead atoms. The molecule has 2 aliphatic rings. The molecule has 32 heavy (non-hydrogen) atoms. The molecule has 8 heteroatoms. The van der Waals surface area contributed by atoms with Gasteiger partial charge in [-0.15, -0.1) is 0 Å². The monoisotopic (exact) mass is 448 g/mol. The molecule has 2 heterocycles. The first kappa shape index (κ1) is 22.8. The van der Waals surface area contributed by atoms with Crippen LogP contribution < -0.4 is 5.32 Å². The third kappa shape index (κ3) is 4.98. The lowest BCUT2D eigenvalue weighted by molar-refractivity contribution is -0.137. The summed E-state index contributed by atoms with van der Waals surface area (Å²) in [5.41, 5.74) is 1.60. The molecular weight excluding hydrogens is 421 g/mol. The van der Waals surface area contributed by atoms with E-state index in [4.69, 9.17) is 0 Å². The highest BCUT2D eigenvalue weighted by atomic mass is 19.4. The Balaban J connectivity index is 1.30. The molecule has 0 aromatic heterocycles. The summed E-state index contributed by atoms with van der Waals surface area (Å²) in [6.07, 6.45) is -1.97. The third-order valence-electron chi connectivity index (χ3n) is 6.55. The van der Waals surface area contributed by atoms with Crippen LogP contribution in [-0.2, 0) is 29.4 Å². The molecule has 0 radical (unpaired) electrons. The number of amides is 1. The molecule has 1 unspecified atom stereocenters. The molecule has 2 aromatic carbocycles. The van der Waals surface area contributed by atoms with Gasteiger partial charge in [-0.25, -0.2) is 0 Å². The van der Waals surface area contributed by atoms with Crippen LogP contribution in [0.15, 0.2) is 42.5 Å². The van der Waals surface area contributed by atoms with Crippen LogP contribution in [0.4, 0.5) is 18.9 Å². The lowest BCUT2D eigenvalue weighted by Gasteiger charge is -2.40. The average molecular weight is 448 g/mol. The first-order valence-corrected chi connectivity index (χ1v) is 10.9. The van der Waals surface area contributed by atoms with E-state index in [1.165, 1.54) is 12.1 Å². The van der Waals surface area contributed by atoms with Crippen molar-refractivity contribution in [2.45, 2.75) is 56.5 Å². The topological polar surface area (TPSA) is 72.8 Å². The number of anilines is 1. The van der Waals surface area contributed by atoms with Crippen molar-refractivity contribution in [2.75, 3.05) is 18.4 Å². The summed E-state index contributed by atoms with van der Waals surface area (Å²) < 4.78 is 38.3. The second-order valence-electron chi connectivity index (χ2n) is 8.70. The number of benzene rings is 2. The second kappa shape index (κ2) is 8.84. The van der Waals surface area contributed by atoms with E-state index in [2.05, 4.69) is 11.4 Å². The lowest BCUT2D eigenvalue weighted by Crippen LogP contribution is -2.47. The van der Waals surface area contributed by atoms with Crippen molar-refractivity contribution in [3.8, 4) is 0 Å². The Bertz CT molecular complexity index is 967. The molecule has 1 atom stereocenters. The summed E-state index contributed by atoms with van der Waals surface area (Å²) in [4.78, 5) is 13.4. The van der Waals surface area contributed by atoms with Crippen LogP contribution in [0.5, 0.6) is 0 Å². The number of hydrogen-bond donors (Lipinski definition) is 3. The predicted octanol–water partition coefficient (Wildman–Crippen LogP) is 3.82. The number of aliphatic hydroxyl groups excluding tert-OH is 1. The van der Waals surface area contributed by atoms with Gasteiger partial charge in [-0.05, 0) is 67.0 Å². The summed E-state index contributed by atoms with van der Waals surface area (Å²) >= 11 is 0. The molecule has 0 aliphatic carbocycles. The number of piperidine rings is 1. The number of carbonyl (C=O) groups is 1. The Kier molecular flexibility index (Phi) is 6.29. The highest BCUT2D eigenvalue weighted by molar-refractivity contribution is 5.93. The zero-order valence-electron chi connectivity index (χ0n) is 17.7. The van der Waals surface area contributed by atoms with Gasteiger partial charge in [0.25, 0.3) is 0 Å². The van der Waals surface area contributed by atoms with Crippen LogP contribution in [-0.4, -0.2) is 40.3 Å². The number of nitrogens with one attached hydrogen (secondary N) is 1. The Morgan fingerprint density at radius 3 is 2.41 bits per heavy atom. The van der Waals surface area contributed by atoms with Crippen molar-refractivity contribution in [1.82, 2.24) is 4.90 Å². The normalized spacial score (nSPS) is 19.8.